The first-order valence-corrected chi connectivity index (χ1v) is 9.93. The number of aromatic nitrogens is 2. The molecule has 0 unspecified atom stereocenters. The van der Waals surface area contributed by atoms with E-state index in [4.69, 9.17) is 5.73 Å². The lowest BCUT2D eigenvalue weighted by atomic mass is 10.2. The second-order valence-corrected chi connectivity index (χ2v) is 7.45. The van der Waals surface area contributed by atoms with Crippen LogP contribution in [0.5, 0.6) is 0 Å². The molecule has 0 aliphatic rings. The Morgan fingerprint density at radius 3 is 2.77 bits per heavy atom. The SMILES string of the molecule is NC(=O)CN(Cc1ccccc1)c1cccc(Nc2nc3sccn3c2[N+](=O)[O-])c1. The molecule has 3 N–H and O–H groups in total. The number of nitrogens with zero attached hydrogens (tertiary/aromatic N) is 4. The molecule has 1 amide bonds. The van der Waals surface area contributed by atoms with Crippen molar-refractivity contribution in [1.82, 2.24) is 9.38 Å². The molecule has 152 valence electrons. The van der Waals surface area contributed by atoms with Gasteiger partial charge in [-0.2, -0.15) is 9.38 Å². The van der Waals surface area contributed by atoms with Gasteiger partial charge in [-0.25, -0.2) is 0 Å². The molecule has 9 nitrogen and oxygen atoms in total. The lowest BCUT2D eigenvalue weighted by Gasteiger charge is -2.24. The van der Waals surface area contributed by atoms with Crippen LogP contribution in [-0.2, 0) is 11.3 Å². The second-order valence-electron chi connectivity index (χ2n) is 6.58. The molecule has 4 aromatic rings. The molecule has 0 saturated carbocycles. The highest BCUT2D eigenvalue weighted by molar-refractivity contribution is 7.15. The third-order valence-electron chi connectivity index (χ3n) is 4.45. The topological polar surface area (TPSA) is 119 Å². The maximum absolute atomic E-state index is 11.6. The quantitative estimate of drug-likeness (QED) is 0.331. The van der Waals surface area contributed by atoms with E-state index in [-0.39, 0.29) is 18.2 Å². The van der Waals surface area contributed by atoms with Gasteiger partial charge in [0.2, 0.25) is 11.7 Å². The summed E-state index contributed by atoms with van der Waals surface area (Å²) in [6.45, 7) is 0.534. The maximum Gasteiger partial charge on any atom is 0.373 e. The van der Waals surface area contributed by atoms with Gasteiger partial charge in [0.1, 0.15) is 6.20 Å². The highest BCUT2D eigenvalue weighted by atomic mass is 32.1. The summed E-state index contributed by atoms with van der Waals surface area (Å²) in [6, 6.07) is 17.0. The van der Waals surface area contributed by atoms with Crippen molar-refractivity contribution < 1.29 is 9.72 Å². The van der Waals surface area contributed by atoms with E-state index in [1.54, 1.807) is 23.7 Å². The summed E-state index contributed by atoms with van der Waals surface area (Å²) in [5.41, 5.74) is 7.85. The molecule has 0 aliphatic carbocycles. The molecule has 0 atom stereocenters. The third kappa shape index (κ3) is 4.08. The van der Waals surface area contributed by atoms with E-state index >= 15 is 0 Å². The van der Waals surface area contributed by atoms with Crippen LogP contribution in [0.4, 0.5) is 23.0 Å². The summed E-state index contributed by atoms with van der Waals surface area (Å²) < 4.78 is 1.44. The zero-order valence-electron chi connectivity index (χ0n) is 15.8. The molecule has 0 spiro atoms. The minimum absolute atomic E-state index is 0.0404. The molecule has 0 fully saturated rings. The number of nitro groups is 1. The fraction of sp³-hybridized carbons (Fsp3) is 0.100. The highest BCUT2D eigenvalue weighted by Crippen LogP contribution is 2.31. The van der Waals surface area contributed by atoms with Crippen LogP contribution in [0, 0.1) is 10.1 Å². The third-order valence-corrected chi connectivity index (χ3v) is 5.20. The van der Waals surface area contributed by atoms with Gasteiger partial charge < -0.3 is 26.1 Å². The molecule has 2 heterocycles. The largest absolute Gasteiger partial charge is 0.373 e. The number of carbonyl (C=O) groups is 1. The molecule has 4 rings (SSSR count). The molecule has 0 radical (unpaired) electrons. The van der Waals surface area contributed by atoms with Crippen LogP contribution in [0.1, 0.15) is 5.56 Å². The Morgan fingerprint density at radius 1 is 1.23 bits per heavy atom. The number of amides is 1. The van der Waals surface area contributed by atoms with Crippen molar-refractivity contribution in [2.75, 3.05) is 16.8 Å². The van der Waals surface area contributed by atoms with E-state index in [0.29, 0.717) is 17.2 Å². The van der Waals surface area contributed by atoms with Gasteiger partial charge in [-0.05, 0) is 28.7 Å². The van der Waals surface area contributed by atoms with E-state index in [9.17, 15) is 14.9 Å². The second kappa shape index (κ2) is 8.21. The number of fused-ring (bicyclic) bond motifs is 1. The van der Waals surface area contributed by atoms with Crippen molar-refractivity contribution in [2.24, 2.45) is 5.73 Å². The van der Waals surface area contributed by atoms with Crippen LogP contribution in [0.3, 0.4) is 0 Å². The standard InChI is InChI=1S/C20H18N6O3S/c21-17(27)13-24(12-14-5-2-1-3-6-14)16-8-4-7-15(11-16)22-18-19(26(28)29)25-9-10-30-20(25)23-18/h1-11,22H,12-13H2,(H2,21,27). The Hall–Kier alpha value is -3.92. The molecule has 0 saturated heterocycles. The van der Waals surface area contributed by atoms with Gasteiger partial charge in [0.05, 0.1) is 6.54 Å². The summed E-state index contributed by atoms with van der Waals surface area (Å²) in [4.78, 5) is 29.4. The number of imidazole rings is 1. The van der Waals surface area contributed by atoms with Gasteiger partial charge in [0.15, 0.2) is 0 Å². The number of nitrogens with one attached hydrogen (secondary N) is 1. The summed E-state index contributed by atoms with van der Waals surface area (Å²) in [6.07, 6.45) is 1.61. The van der Waals surface area contributed by atoms with Crippen LogP contribution in [0.2, 0.25) is 0 Å². The van der Waals surface area contributed by atoms with Crippen molar-refractivity contribution in [1.29, 1.82) is 0 Å². The summed E-state index contributed by atoms with van der Waals surface area (Å²) in [5, 5.41) is 16.3. The van der Waals surface area contributed by atoms with E-state index in [0.717, 1.165) is 11.3 Å². The first-order chi connectivity index (χ1) is 14.5. The first kappa shape index (κ1) is 19.4. The van der Waals surface area contributed by atoms with Crippen LogP contribution in [0.25, 0.3) is 4.96 Å². The van der Waals surface area contributed by atoms with E-state index in [1.807, 2.05) is 47.4 Å². The number of hydrogen-bond acceptors (Lipinski definition) is 7. The summed E-state index contributed by atoms with van der Waals surface area (Å²) in [7, 11) is 0. The van der Waals surface area contributed by atoms with Gasteiger partial charge >= 0.3 is 5.82 Å². The molecule has 2 aromatic heterocycles. The number of carbonyl (C=O) groups excluding carboxylic acids is 1. The minimum atomic E-state index is -0.465. The van der Waals surface area contributed by atoms with Crippen molar-refractivity contribution in [2.45, 2.75) is 6.54 Å². The number of nitrogens with two attached hydrogens (primary N) is 1. The number of benzene rings is 2. The van der Waals surface area contributed by atoms with Crippen LogP contribution < -0.4 is 16.0 Å². The van der Waals surface area contributed by atoms with Crippen molar-refractivity contribution >= 4 is 45.2 Å². The zero-order chi connectivity index (χ0) is 21.1. The highest BCUT2D eigenvalue weighted by Gasteiger charge is 2.24. The fourth-order valence-corrected chi connectivity index (χ4v) is 3.89. The van der Waals surface area contributed by atoms with Gasteiger partial charge in [-0.1, -0.05) is 47.7 Å². The maximum atomic E-state index is 11.6. The number of thiazole rings is 1. The van der Waals surface area contributed by atoms with Crippen molar-refractivity contribution in [3.63, 3.8) is 0 Å². The average Bonchev–Trinajstić information content (AvgIpc) is 3.28. The molecule has 0 bridgehead atoms. The van der Waals surface area contributed by atoms with Gasteiger partial charge in [0.25, 0.3) is 4.96 Å². The predicted octanol–water partition coefficient (Wildman–Crippen LogP) is 3.54. The van der Waals surface area contributed by atoms with E-state index < -0.39 is 10.8 Å². The first-order valence-electron chi connectivity index (χ1n) is 9.05. The van der Waals surface area contributed by atoms with E-state index in [2.05, 4.69) is 10.3 Å². The van der Waals surface area contributed by atoms with Crippen molar-refractivity contribution in [3.05, 3.63) is 81.9 Å². The molecule has 2 aromatic carbocycles. The molecular weight excluding hydrogens is 404 g/mol. The predicted molar refractivity (Wildman–Crippen MR) is 116 cm³/mol. The van der Waals surface area contributed by atoms with Crippen molar-refractivity contribution in [3.8, 4) is 0 Å². The molecular formula is C20H18N6O3S. The molecule has 10 heteroatoms. The summed E-state index contributed by atoms with van der Waals surface area (Å²) >= 11 is 1.31. The number of hydrogen-bond donors (Lipinski definition) is 2. The van der Waals surface area contributed by atoms with E-state index in [1.165, 1.54) is 15.7 Å². The normalized spacial score (nSPS) is 10.8. The van der Waals surface area contributed by atoms with Gasteiger partial charge in [-0.3, -0.25) is 4.79 Å². The van der Waals surface area contributed by atoms with Crippen LogP contribution >= 0.6 is 11.3 Å². The Labute approximate surface area is 175 Å². The Balaban J connectivity index is 1.64. The molecule has 0 aliphatic heterocycles. The fourth-order valence-electron chi connectivity index (χ4n) is 3.18. The zero-order valence-corrected chi connectivity index (χ0v) is 16.6. The number of primary amides is 1. The van der Waals surface area contributed by atoms with Gasteiger partial charge in [0, 0.05) is 23.3 Å². The average molecular weight is 422 g/mol. The Kier molecular flexibility index (Phi) is 5.31. The number of rotatable bonds is 8. The lowest BCUT2D eigenvalue weighted by molar-refractivity contribution is -0.389. The Morgan fingerprint density at radius 2 is 2.03 bits per heavy atom. The smallest absolute Gasteiger partial charge is 0.368 e. The molecule has 30 heavy (non-hydrogen) atoms. The lowest BCUT2D eigenvalue weighted by Crippen LogP contribution is -2.33. The summed E-state index contributed by atoms with van der Waals surface area (Å²) in [5.74, 6) is -0.419. The van der Waals surface area contributed by atoms with Crippen LogP contribution in [0.15, 0.2) is 66.2 Å². The Bertz CT molecular complexity index is 1200. The minimum Gasteiger partial charge on any atom is -0.368 e. The monoisotopic (exact) mass is 422 g/mol. The van der Waals surface area contributed by atoms with Gasteiger partial charge in [-0.15, -0.1) is 0 Å². The number of anilines is 3. The van der Waals surface area contributed by atoms with Crippen LogP contribution in [-0.4, -0.2) is 26.8 Å².